The molecular weight excluding hydrogens is 634 g/mol. The van der Waals surface area contributed by atoms with Gasteiger partial charge in [0.1, 0.15) is 43.7 Å². The van der Waals surface area contributed by atoms with Gasteiger partial charge < -0.3 is 57.4 Å². The van der Waals surface area contributed by atoms with Crippen molar-refractivity contribution in [2.24, 2.45) is 0 Å². The maximum absolute atomic E-state index is 12.5. The van der Waals surface area contributed by atoms with Gasteiger partial charge in [-0.3, -0.25) is 28.8 Å². The highest BCUT2D eigenvalue weighted by molar-refractivity contribution is 5.73. The van der Waals surface area contributed by atoms with Gasteiger partial charge in [0.25, 0.3) is 0 Å². The Morgan fingerprint density at radius 3 is 1.79 bits per heavy atom. The van der Waals surface area contributed by atoms with Crippen molar-refractivity contribution in [1.29, 1.82) is 0 Å². The van der Waals surface area contributed by atoms with Crippen LogP contribution >= 0.6 is 0 Å². The van der Waals surface area contributed by atoms with Crippen molar-refractivity contribution >= 4 is 35.8 Å². The van der Waals surface area contributed by atoms with E-state index < -0.39 is 116 Å². The third-order valence-electron chi connectivity index (χ3n) is 6.72. The molecule has 2 aliphatic rings. The Labute approximate surface area is 272 Å². The van der Waals surface area contributed by atoms with Crippen LogP contribution in [-0.2, 0) is 80.9 Å². The summed E-state index contributed by atoms with van der Waals surface area (Å²) >= 11 is 0. The van der Waals surface area contributed by atoms with Crippen LogP contribution in [0.4, 0.5) is 0 Å². The van der Waals surface area contributed by atoms with Gasteiger partial charge in [-0.1, -0.05) is 0 Å². The van der Waals surface area contributed by atoms with Crippen molar-refractivity contribution < 1.29 is 80.9 Å². The van der Waals surface area contributed by atoms with E-state index in [1.807, 2.05) is 0 Å². The van der Waals surface area contributed by atoms with Gasteiger partial charge in [0, 0.05) is 55.8 Å². The molecule has 47 heavy (non-hydrogen) atoms. The topological polar surface area (TPSA) is 216 Å². The van der Waals surface area contributed by atoms with Crippen molar-refractivity contribution in [2.75, 3.05) is 27.4 Å². The van der Waals surface area contributed by atoms with Crippen LogP contribution in [0, 0.1) is 0 Å². The molecule has 268 valence electrons. The van der Waals surface area contributed by atoms with Crippen LogP contribution < -0.4 is 5.32 Å². The number of carbonyl (C=O) groups excluding carboxylic acids is 6. The summed E-state index contributed by atoms with van der Waals surface area (Å²) in [6.07, 6.45) is -12.0. The average Bonchev–Trinajstić information content (AvgIpc) is 3.25. The second kappa shape index (κ2) is 17.7. The summed E-state index contributed by atoms with van der Waals surface area (Å²) in [6.45, 7) is 8.91. The number of amides is 1. The van der Waals surface area contributed by atoms with E-state index in [-0.39, 0.29) is 0 Å². The van der Waals surface area contributed by atoms with Crippen LogP contribution in [-0.4, -0.2) is 130 Å². The van der Waals surface area contributed by atoms with Crippen LogP contribution in [0.3, 0.4) is 0 Å². The molecule has 1 N–H and O–H groups in total. The third-order valence-corrected chi connectivity index (χ3v) is 6.72. The smallest absolute Gasteiger partial charge is 0.303 e. The van der Waals surface area contributed by atoms with E-state index in [9.17, 15) is 28.8 Å². The number of esters is 5. The normalized spacial score (nSPS) is 28.0. The Morgan fingerprint density at radius 2 is 1.30 bits per heavy atom. The van der Waals surface area contributed by atoms with Crippen LogP contribution in [0.5, 0.6) is 0 Å². The van der Waals surface area contributed by atoms with Crippen LogP contribution in [0.2, 0.25) is 0 Å². The number of ether oxygens (including phenoxy) is 11. The van der Waals surface area contributed by atoms with Crippen LogP contribution in [0.15, 0.2) is 0 Å². The predicted molar refractivity (Wildman–Crippen MR) is 153 cm³/mol. The van der Waals surface area contributed by atoms with Crippen molar-refractivity contribution in [3.05, 3.63) is 0 Å². The predicted octanol–water partition coefficient (Wildman–Crippen LogP) is -0.338. The molecule has 0 aromatic rings. The Hall–Kier alpha value is -3.42. The largest absolute Gasteiger partial charge is 0.463 e. The number of nitrogens with one attached hydrogen (secondary N) is 1. The molecule has 18 nitrogen and oxygen atoms in total. The van der Waals surface area contributed by atoms with Crippen LogP contribution in [0.1, 0.15) is 55.4 Å². The van der Waals surface area contributed by atoms with Crippen LogP contribution in [0.25, 0.3) is 0 Å². The number of hydrogen-bond acceptors (Lipinski definition) is 17. The molecule has 2 rings (SSSR count). The van der Waals surface area contributed by atoms with Gasteiger partial charge in [-0.25, -0.2) is 0 Å². The summed E-state index contributed by atoms with van der Waals surface area (Å²) in [5.74, 6) is -5.74. The zero-order chi connectivity index (χ0) is 35.6. The Balaban J connectivity index is 2.76. The first-order valence-corrected chi connectivity index (χ1v) is 14.7. The van der Waals surface area contributed by atoms with E-state index in [0.717, 1.165) is 34.6 Å². The number of carbonyl (C=O) groups is 6. The zero-order valence-corrected chi connectivity index (χ0v) is 28.1. The molecule has 2 saturated heterocycles. The zero-order valence-electron chi connectivity index (χ0n) is 28.1. The third kappa shape index (κ3) is 12.0. The number of rotatable bonds is 15. The highest BCUT2D eigenvalue weighted by Crippen LogP contribution is 2.37. The lowest BCUT2D eigenvalue weighted by molar-refractivity contribution is -0.307. The highest BCUT2D eigenvalue weighted by atomic mass is 16.8. The van der Waals surface area contributed by atoms with Gasteiger partial charge in [0.15, 0.2) is 36.7 Å². The Morgan fingerprint density at radius 1 is 0.745 bits per heavy atom. The molecule has 9 atom stereocenters. The summed E-state index contributed by atoms with van der Waals surface area (Å²) in [5, 5.41) is 2.59. The Bertz CT molecular complexity index is 1120. The summed E-state index contributed by atoms with van der Waals surface area (Å²) in [4.78, 5) is 72.8. The standard InChI is InChI=1S/C29H45NO17/c1-13(31)30-21-24(43-18(6)36)22(42-17(5)35)20(12-40-15(3)33)44-27(21)45-23(19(41-16(4)34)11-39-14(2)32)25-26(28(37-9)38-10)47-29(7,8)46-25/h19-28H,11-12H2,1-10H3,(H,30,31)/t19-,20-,21+,22+,23-,24-,25+,26-,27+/m1/s1. The molecule has 0 spiro atoms. The SMILES string of the molecule is COC(OC)[C@@H]1OC(C)(C)O[C@H]1[C@H](O[C@@H]1O[C@H](COC(C)=O)[C@H](OC(C)=O)[C@H](OC(C)=O)[C@@H]1NC(C)=O)[C@@H](COC(C)=O)OC(C)=O. The number of hydrogen-bond donors (Lipinski definition) is 1. The minimum Gasteiger partial charge on any atom is -0.463 e. The number of methoxy groups -OCH3 is 2. The van der Waals surface area contributed by atoms with Crippen molar-refractivity contribution in [3.63, 3.8) is 0 Å². The van der Waals surface area contributed by atoms with Gasteiger partial charge in [-0.2, -0.15) is 0 Å². The fourth-order valence-corrected chi connectivity index (χ4v) is 5.19. The molecule has 0 radical (unpaired) electrons. The molecule has 1 amide bonds. The quantitative estimate of drug-likeness (QED) is 0.133. The molecule has 18 heteroatoms. The van der Waals surface area contributed by atoms with E-state index in [1.54, 1.807) is 13.8 Å². The van der Waals surface area contributed by atoms with Gasteiger partial charge >= 0.3 is 29.8 Å². The fourth-order valence-electron chi connectivity index (χ4n) is 5.19. The minimum absolute atomic E-state index is 0.503. The Kier molecular flexibility index (Phi) is 14.9. The fraction of sp³-hybridized carbons (Fsp3) is 0.793. The molecular formula is C29H45NO17. The molecule has 0 aliphatic carbocycles. The van der Waals surface area contributed by atoms with Gasteiger partial charge in [-0.05, 0) is 13.8 Å². The molecule has 0 bridgehead atoms. The molecule has 0 saturated carbocycles. The van der Waals surface area contributed by atoms with Gasteiger partial charge in [0.05, 0.1) is 0 Å². The summed E-state index contributed by atoms with van der Waals surface area (Å²) in [6, 6.07) is -1.39. The summed E-state index contributed by atoms with van der Waals surface area (Å²) in [7, 11) is 2.71. The summed E-state index contributed by atoms with van der Waals surface area (Å²) in [5.41, 5.74) is 0. The van der Waals surface area contributed by atoms with Gasteiger partial charge in [-0.15, -0.1) is 0 Å². The molecule has 0 unspecified atom stereocenters. The monoisotopic (exact) mass is 679 g/mol. The molecule has 0 aromatic carbocycles. The molecule has 2 aliphatic heterocycles. The van der Waals surface area contributed by atoms with Crippen molar-refractivity contribution in [3.8, 4) is 0 Å². The second-order valence-electron chi connectivity index (χ2n) is 11.2. The lowest BCUT2D eigenvalue weighted by Gasteiger charge is -2.46. The first kappa shape index (κ1) is 39.8. The minimum atomic E-state index is -1.62. The average molecular weight is 680 g/mol. The van der Waals surface area contributed by atoms with E-state index in [2.05, 4.69) is 5.32 Å². The molecule has 2 fully saturated rings. The second-order valence-corrected chi connectivity index (χ2v) is 11.2. The highest BCUT2D eigenvalue weighted by Gasteiger charge is 2.57. The van der Waals surface area contributed by atoms with E-state index in [1.165, 1.54) is 21.1 Å². The molecule has 0 aromatic heterocycles. The molecule has 2 heterocycles. The van der Waals surface area contributed by atoms with E-state index in [0.29, 0.717) is 0 Å². The lowest BCUT2D eigenvalue weighted by atomic mass is 9.95. The van der Waals surface area contributed by atoms with Crippen molar-refractivity contribution in [2.45, 2.75) is 123 Å². The first-order chi connectivity index (χ1) is 21.9. The van der Waals surface area contributed by atoms with Gasteiger partial charge in [0.2, 0.25) is 5.91 Å². The summed E-state index contributed by atoms with van der Waals surface area (Å²) < 4.78 is 62.6. The first-order valence-electron chi connectivity index (χ1n) is 14.7. The van der Waals surface area contributed by atoms with E-state index >= 15 is 0 Å². The van der Waals surface area contributed by atoms with E-state index in [4.69, 9.17) is 52.1 Å². The maximum atomic E-state index is 12.5. The van der Waals surface area contributed by atoms with Crippen molar-refractivity contribution in [1.82, 2.24) is 5.32 Å². The lowest BCUT2D eigenvalue weighted by Crippen LogP contribution is -2.68. The maximum Gasteiger partial charge on any atom is 0.303 e.